The normalized spacial score (nSPS) is 15.1. The van der Waals surface area contributed by atoms with Crippen LogP contribution in [0.1, 0.15) is 87.5 Å². The van der Waals surface area contributed by atoms with Gasteiger partial charge in [0.2, 0.25) is 5.43 Å². The summed E-state index contributed by atoms with van der Waals surface area (Å²) in [4.78, 5) is 36.8. The second-order valence-electron chi connectivity index (χ2n) is 9.92. The Balaban J connectivity index is 1.98. The third-order valence-electron chi connectivity index (χ3n) is 5.84. The van der Waals surface area contributed by atoms with Crippen molar-refractivity contribution in [3.63, 3.8) is 0 Å². The van der Waals surface area contributed by atoms with Crippen LogP contribution < -0.4 is 11.2 Å². The van der Waals surface area contributed by atoms with Crippen LogP contribution in [0.3, 0.4) is 0 Å². The van der Waals surface area contributed by atoms with Gasteiger partial charge in [-0.2, -0.15) is 0 Å². The summed E-state index contributed by atoms with van der Waals surface area (Å²) in [5, 5.41) is 9.50. The number of ether oxygens (including phenoxy) is 1. The predicted molar refractivity (Wildman–Crippen MR) is 129 cm³/mol. The highest BCUT2D eigenvalue weighted by Crippen LogP contribution is 2.40. The van der Waals surface area contributed by atoms with Gasteiger partial charge in [-0.25, -0.2) is 13.6 Å². The fraction of sp³-hybridized carbons (Fsp3) is 0.500. The van der Waals surface area contributed by atoms with Crippen molar-refractivity contribution in [3.8, 4) is 0 Å². The lowest BCUT2D eigenvalue weighted by atomic mass is 10.0. The molecule has 1 aromatic carbocycles. The maximum Gasteiger partial charge on any atom is 0.341 e. The minimum absolute atomic E-state index is 0.0840. The number of halogens is 2. The lowest BCUT2D eigenvalue weighted by molar-refractivity contribution is -0.155. The van der Waals surface area contributed by atoms with E-state index >= 15 is 4.39 Å². The number of fused-ring (bicyclic) bond motifs is 1. The second kappa shape index (κ2) is 10.3. The number of nitrogens with two attached hydrogens (primary N) is 1. The van der Waals surface area contributed by atoms with E-state index < -0.39 is 40.2 Å². The molecule has 3 N–H and O–H groups in total. The molecule has 0 radical (unpaired) electrons. The van der Waals surface area contributed by atoms with E-state index in [2.05, 4.69) is 0 Å². The van der Waals surface area contributed by atoms with Crippen molar-refractivity contribution in [1.82, 2.24) is 4.57 Å². The van der Waals surface area contributed by atoms with Crippen LogP contribution in [0, 0.1) is 11.6 Å². The molecule has 9 heteroatoms. The quantitative estimate of drug-likeness (QED) is 0.492. The highest BCUT2D eigenvalue weighted by Gasteiger charge is 2.32. The molecule has 0 unspecified atom stereocenters. The molecule has 2 aromatic rings. The van der Waals surface area contributed by atoms with E-state index in [1.807, 2.05) is 0 Å². The molecule has 1 fully saturated rings. The van der Waals surface area contributed by atoms with E-state index in [0.717, 1.165) is 18.9 Å². The molecule has 3 rings (SSSR count). The fourth-order valence-corrected chi connectivity index (χ4v) is 4.22. The van der Waals surface area contributed by atoms with Crippen LogP contribution in [0.4, 0.5) is 8.78 Å². The molecule has 1 aliphatic rings. The van der Waals surface area contributed by atoms with Gasteiger partial charge in [-0.1, -0.05) is 19.1 Å². The highest BCUT2D eigenvalue weighted by molar-refractivity contribution is 5.97. The van der Waals surface area contributed by atoms with Gasteiger partial charge >= 0.3 is 11.9 Å². The first-order valence-electron chi connectivity index (χ1n) is 11.8. The van der Waals surface area contributed by atoms with Crippen molar-refractivity contribution in [2.24, 2.45) is 5.73 Å². The topological polar surface area (TPSA) is 112 Å². The zero-order valence-electron chi connectivity index (χ0n) is 20.5. The smallest absolute Gasteiger partial charge is 0.341 e. The highest BCUT2D eigenvalue weighted by atomic mass is 19.2. The number of rotatable bonds is 9. The molecule has 1 saturated carbocycles. The summed E-state index contributed by atoms with van der Waals surface area (Å²) in [5.41, 5.74) is 4.64. The zero-order valence-corrected chi connectivity index (χ0v) is 20.5. The molecule has 1 heterocycles. The summed E-state index contributed by atoms with van der Waals surface area (Å²) >= 11 is 0. The first-order chi connectivity index (χ1) is 16.4. The molecule has 7 nitrogen and oxygen atoms in total. The molecule has 0 amide bonds. The third kappa shape index (κ3) is 5.96. The summed E-state index contributed by atoms with van der Waals surface area (Å²) in [6.45, 7) is 7.05. The van der Waals surface area contributed by atoms with Crippen LogP contribution >= 0.6 is 0 Å². The molecule has 1 atom stereocenters. The van der Waals surface area contributed by atoms with Gasteiger partial charge in [0.1, 0.15) is 11.2 Å². The van der Waals surface area contributed by atoms with Crippen LogP contribution in [0.5, 0.6) is 0 Å². The monoisotopic (exact) mass is 490 g/mol. The van der Waals surface area contributed by atoms with E-state index in [9.17, 15) is 23.9 Å². The molecule has 0 aliphatic heterocycles. The van der Waals surface area contributed by atoms with Gasteiger partial charge < -0.3 is 20.1 Å². The third-order valence-corrected chi connectivity index (χ3v) is 5.84. The standard InChI is InChI=1S/C26H32F2N2O5/c1-5-19-21(25(33)34)24(32)17-13-18(27)22(28)16(23(17)30(19)15-10-11-15)8-6-7-14(29)9-12-20(31)35-26(2,3)4/h6,8,13-15H,5,7,9-12,29H2,1-4H3,(H,33,34)/t14-/m1/s1. The van der Waals surface area contributed by atoms with Crippen LogP contribution in [0.2, 0.25) is 0 Å². The lowest BCUT2D eigenvalue weighted by Crippen LogP contribution is -2.26. The van der Waals surface area contributed by atoms with Crippen molar-refractivity contribution in [2.75, 3.05) is 0 Å². The van der Waals surface area contributed by atoms with Crippen molar-refractivity contribution in [1.29, 1.82) is 0 Å². The van der Waals surface area contributed by atoms with Crippen molar-refractivity contribution < 1.29 is 28.2 Å². The first kappa shape index (κ1) is 26.5. The zero-order chi connectivity index (χ0) is 26.1. The minimum atomic E-state index is -1.39. The van der Waals surface area contributed by atoms with Gasteiger partial charge in [-0.05, 0) is 58.9 Å². The average molecular weight is 491 g/mol. The van der Waals surface area contributed by atoms with Crippen LogP contribution in [0.15, 0.2) is 16.9 Å². The van der Waals surface area contributed by atoms with Crippen molar-refractivity contribution in [2.45, 2.75) is 83.9 Å². The predicted octanol–water partition coefficient (Wildman–Crippen LogP) is 4.73. The number of carbonyl (C=O) groups is 2. The number of benzene rings is 1. The van der Waals surface area contributed by atoms with Crippen LogP contribution in [-0.4, -0.2) is 33.3 Å². The Labute approximate surface area is 202 Å². The van der Waals surface area contributed by atoms with Gasteiger partial charge in [0.25, 0.3) is 0 Å². The van der Waals surface area contributed by atoms with Crippen molar-refractivity contribution >= 4 is 28.9 Å². The maximum atomic E-state index is 15.0. The maximum absolute atomic E-state index is 15.0. The number of aromatic carboxylic acids is 1. The number of hydrogen-bond acceptors (Lipinski definition) is 5. The van der Waals surface area contributed by atoms with E-state index in [0.29, 0.717) is 12.1 Å². The Morgan fingerprint density at radius 3 is 2.51 bits per heavy atom. The summed E-state index contributed by atoms with van der Waals surface area (Å²) in [6, 6.07) is 0.276. The number of carboxylic acids is 1. The molecule has 35 heavy (non-hydrogen) atoms. The first-order valence-corrected chi connectivity index (χ1v) is 11.8. The largest absolute Gasteiger partial charge is 0.477 e. The minimum Gasteiger partial charge on any atom is -0.477 e. The second-order valence-corrected chi connectivity index (χ2v) is 9.92. The Morgan fingerprint density at radius 2 is 1.97 bits per heavy atom. The number of carboxylic acid groups (broad SMARTS) is 1. The number of nitrogens with zero attached hydrogens (tertiary/aromatic N) is 1. The number of pyridine rings is 1. The molecule has 0 saturated heterocycles. The summed E-state index contributed by atoms with van der Waals surface area (Å²) in [5.74, 6) is -4.10. The van der Waals surface area contributed by atoms with E-state index in [1.165, 1.54) is 6.08 Å². The molecule has 190 valence electrons. The number of hydrogen-bond donors (Lipinski definition) is 2. The van der Waals surface area contributed by atoms with Crippen LogP contribution in [-0.2, 0) is 16.0 Å². The van der Waals surface area contributed by atoms with Gasteiger partial charge in [-0.3, -0.25) is 9.59 Å². The Kier molecular flexibility index (Phi) is 7.79. The van der Waals surface area contributed by atoms with Gasteiger partial charge in [0.15, 0.2) is 11.6 Å². The molecular formula is C26H32F2N2O5. The summed E-state index contributed by atoms with van der Waals surface area (Å²) < 4.78 is 36.5. The lowest BCUT2D eigenvalue weighted by Gasteiger charge is -2.20. The number of carbonyl (C=O) groups excluding carboxylic acids is 1. The van der Waals surface area contributed by atoms with E-state index in [4.69, 9.17) is 10.5 Å². The van der Waals surface area contributed by atoms with Gasteiger partial charge in [0, 0.05) is 29.8 Å². The van der Waals surface area contributed by atoms with Crippen molar-refractivity contribution in [3.05, 3.63) is 50.8 Å². The molecular weight excluding hydrogens is 458 g/mol. The molecule has 0 spiro atoms. The Hall–Kier alpha value is -3.07. The molecule has 1 aromatic heterocycles. The molecule has 1 aliphatic carbocycles. The van der Waals surface area contributed by atoms with Gasteiger partial charge in [-0.15, -0.1) is 0 Å². The van der Waals surface area contributed by atoms with E-state index in [1.54, 1.807) is 38.3 Å². The Bertz CT molecular complexity index is 1240. The van der Waals surface area contributed by atoms with Crippen LogP contribution in [0.25, 0.3) is 17.0 Å². The fourth-order valence-electron chi connectivity index (χ4n) is 4.22. The number of aromatic nitrogens is 1. The average Bonchev–Trinajstić information content (AvgIpc) is 3.58. The molecule has 0 bridgehead atoms. The number of esters is 1. The Morgan fingerprint density at radius 1 is 1.31 bits per heavy atom. The SMILES string of the molecule is CCc1c(C(=O)O)c(=O)c2cc(F)c(F)c(C=CC[C@@H](N)CCC(=O)OC(C)(C)C)c2n1C1CC1. The van der Waals surface area contributed by atoms with Gasteiger partial charge in [0.05, 0.1) is 10.9 Å². The van der Waals surface area contributed by atoms with E-state index in [-0.39, 0.29) is 47.7 Å². The summed E-state index contributed by atoms with van der Waals surface area (Å²) in [7, 11) is 0. The summed E-state index contributed by atoms with van der Waals surface area (Å²) in [6.07, 6.45) is 5.47.